The minimum atomic E-state index is -1.71. The first kappa shape index (κ1) is 32.3. The maximum absolute atomic E-state index is 11.1. The number of aliphatic hydroxyl groups is 8. The second-order valence-corrected chi connectivity index (χ2v) is 11.3. The second-order valence-electron chi connectivity index (χ2n) is 11.3. The molecule has 0 aliphatic carbocycles. The van der Waals surface area contributed by atoms with Crippen LogP contribution in [0.5, 0.6) is 0 Å². The Bertz CT molecular complexity index is 821. The Morgan fingerprint density at radius 3 is 1.32 bits per heavy atom. The van der Waals surface area contributed by atoms with Crippen molar-refractivity contribution in [3.63, 3.8) is 0 Å². The van der Waals surface area contributed by atoms with Crippen molar-refractivity contribution in [3.8, 4) is 0 Å². The molecule has 0 amide bonds. The molecule has 0 saturated carbocycles. The third kappa shape index (κ3) is 6.49. The van der Waals surface area contributed by atoms with Crippen LogP contribution in [0.1, 0.15) is 41.0 Å². The van der Waals surface area contributed by atoms with E-state index in [1.54, 1.807) is 6.92 Å². The van der Waals surface area contributed by atoms with Crippen molar-refractivity contribution in [2.45, 2.75) is 158 Å². The fourth-order valence-electron chi connectivity index (χ4n) is 5.56. The van der Waals surface area contributed by atoms with E-state index in [0.717, 1.165) is 0 Å². The van der Waals surface area contributed by atoms with Gasteiger partial charge in [-0.1, -0.05) is 0 Å². The number of hydrogen-bond acceptors (Lipinski definition) is 15. The van der Waals surface area contributed by atoms with Gasteiger partial charge in [0, 0.05) is 6.42 Å². The predicted octanol–water partition coefficient (Wildman–Crippen LogP) is -3.54. The van der Waals surface area contributed by atoms with Crippen molar-refractivity contribution >= 4 is 0 Å². The van der Waals surface area contributed by atoms with Crippen LogP contribution in [0, 0.1) is 0 Å². The van der Waals surface area contributed by atoms with E-state index in [9.17, 15) is 40.9 Å². The quantitative estimate of drug-likeness (QED) is 0.151. The Hall–Kier alpha value is -0.600. The van der Waals surface area contributed by atoms with Crippen LogP contribution in [0.25, 0.3) is 0 Å². The molecule has 0 spiro atoms. The first-order valence-corrected chi connectivity index (χ1v) is 13.7. The Labute approximate surface area is 232 Å². The molecular weight excluding hydrogens is 540 g/mol. The van der Waals surface area contributed by atoms with E-state index in [1.807, 2.05) is 6.92 Å². The van der Waals surface area contributed by atoms with Gasteiger partial charge in [-0.15, -0.1) is 0 Å². The lowest BCUT2D eigenvalue weighted by atomic mass is 9.96. The smallest absolute Gasteiger partial charge is 0.187 e. The van der Waals surface area contributed by atoms with Crippen LogP contribution in [0.3, 0.4) is 0 Å². The van der Waals surface area contributed by atoms with Gasteiger partial charge in [-0.05, 0) is 34.6 Å². The van der Waals surface area contributed by atoms with E-state index < -0.39 is 110 Å². The van der Waals surface area contributed by atoms with Gasteiger partial charge in [0.2, 0.25) is 0 Å². The minimum Gasteiger partial charge on any atom is -0.388 e. The van der Waals surface area contributed by atoms with E-state index in [4.69, 9.17) is 33.2 Å². The zero-order valence-electron chi connectivity index (χ0n) is 23.1. The summed E-state index contributed by atoms with van der Waals surface area (Å²) in [6.45, 7) is 7.99. The molecule has 0 bridgehead atoms. The van der Waals surface area contributed by atoms with Gasteiger partial charge < -0.3 is 74.0 Å². The van der Waals surface area contributed by atoms with Crippen LogP contribution < -0.4 is 0 Å². The third-order valence-electron chi connectivity index (χ3n) is 8.14. The van der Waals surface area contributed by atoms with Gasteiger partial charge in [-0.3, -0.25) is 0 Å². The molecule has 4 rings (SSSR count). The molecule has 19 atom stereocenters. The summed E-state index contributed by atoms with van der Waals surface area (Å²) in [5.74, 6) is 0. The maximum Gasteiger partial charge on any atom is 0.187 e. The fourth-order valence-corrected chi connectivity index (χ4v) is 5.56. The summed E-state index contributed by atoms with van der Waals surface area (Å²) in [4.78, 5) is 0. The molecule has 8 N–H and O–H groups in total. The van der Waals surface area contributed by atoms with Crippen molar-refractivity contribution < 1.29 is 74.0 Å². The lowest BCUT2D eigenvalue weighted by Gasteiger charge is -2.48. The molecule has 0 aromatic heterocycles. The SMILES string of the molecule is CC1C[C@@H](OC2OC(C)[C@H](O)[C@H](OC3OC(C)[C@H](O)[C@H](OC4OC(C)[C@H](O)[C@H](O)[C@@H]4O)[C@@H]3O)[C@@H]2O)[C@@H](O)C(C)O1. The fraction of sp³-hybridized carbons (Fsp3) is 1.00. The summed E-state index contributed by atoms with van der Waals surface area (Å²) in [6.07, 6.45) is -22.9. The van der Waals surface area contributed by atoms with Gasteiger partial charge in [0.25, 0.3) is 0 Å². The van der Waals surface area contributed by atoms with Gasteiger partial charge in [0.05, 0.1) is 36.6 Å². The van der Waals surface area contributed by atoms with E-state index in [0.29, 0.717) is 6.42 Å². The molecule has 4 fully saturated rings. The van der Waals surface area contributed by atoms with Crippen molar-refractivity contribution in [1.29, 1.82) is 0 Å². The van der Waals surface area contributed by atoms with Gasteiger partial charge in [0.15, 0.2) is 18.9 Å². The molecule has 4 saturated heterocycles. The summed E-state index contributed by atoms with van der Waals surface area (Å²) in [5, 5.41) is 84.5. The number of ether oxygens (including phenoxy) is 7. The molecule has 0 radical (unpaired) electrons. The molecule has 15 heteroatoms. The van der Waals surface area contributed by atoms with Gasteiger partial charge in [-0.25, -0.2) is 0 Å². The molecular formula is C25H44O15. The molecule has 0 aromatic carbocycles. The summed E-state index contributed by atoms with van der Waals surface area (Å²) in [7, 11) is 0. The molecule has 15 nitrogen and oxygen atoms in total. The van der Waals surface area contributed by atoms with E-state index in [1.165, 1.54) is 20.8 Å². The highest BCUT2D eigenvalue weighted by Gasteiger charge is 2.53. The highest BCUT2D eigenvalue weighted by Crippen LogP contribution is 2.34. The van der Waals surface area contributed by atoms with Crippen molar-refractivity contribution in [1.82, 2.24) is 0 Å². The number of aliphatic hydroxyl groups excluding tert-OH is 8. The lowest BCUT2D eigenvalue weighted by Crippen LogP contribution is -2.65. The Morgan fingerprint density at radius 1 is 0.425 bits per heavy atom. The molecule has 4 aliphatic heterocycles. The van der Waals surface area contributed by atoms with E-state index in [2.05, 4.69) is 0 Å². The zero-order valence-corrected chi connectivity index (χ0v) is 23.1. The van der Waals surface area contributed by atoms with Crippen molar-refractivity contribution in [3.05, 3.63) is 0 Å². The molecule has 8 unspecified atom stereocenters. The number of hydrogen-bond donors (Lipinski definition) is 8. The van der Waals surface area contributed by atoms with E-state index >= 15 is 0 Å². The maximum atomic E-state index is 11.1. The Kier molecular flexibility index (Phi) is 10.5. The highest BCUT2D eigenvalue weighted by atomic mass is 16.8. The van der Waals surface area contributed by atoms with Crippen LogP contribution in [-0.4, -0.2) is 157 Å². The highest BCUT2D eigenvalue weighted by molar-refractivity contribution is 4.95. The van der Waals surface area contributed by atoms with Crippen molar-refractivity contribution in [2.24, 2.45) is 0 Å². The molecule has 4 heterocycles. The van der Waals surface area contributed by atoms with Crippen LogP contribution >= 0.6 is 0 Å². The predicted molar refractivity (Wildman–Crippen MR) is 130 cm³/mol. The Morgan fingerprint density at radius 2 is 0.825 bits per heavy atom. The minimum absolute atomic E-state index is 0.214. The molecule has 234 valence electrons. The topological polar surface area (TPSA) is 226 Å². The summed E-state index contributed by atoms with van der Waals surface area (Å²) in [5.41, 5.74) is 0. The third-order valence-corrected chi connectivity index (χ3v) is 8.14. The summed E-state index contributed by atoms with van der Waals surface area (Å²) in [6, 6.07) is 0. The normalized spacial score (nSPS) is 56.2. The number of rotatable bonds is 6. The second kappa shape index (κ2) is 13.0. The van der Waals surface area contributed by atoms with Gasteiger partial charge in [-0.2, -0.15) is 0 Å². The van der Waals surface area contributed by atoms with Crippen LogP contribution in [0.15, 0.2) is 0 Å². The summed E-state index contributed by atoms with van der Waals surface area (Å²) < 4.78 is 39.7. The first-order valence-electron chi connectivity index (χ1n) is 13.7. The molecule has 4 aliphatic rings. The average molecular weight is 585 g/mol. The van der Waals surface area contributed by atoms with Crippen LogP contribution in [0.4, 0.5) is 0 Å². The lowest BCUT2D eigenvalue weighted by molar-refractivity contribution is -0.379. The largest absolute Gasteiger partial charge is 0.388 e. The molecule has 0 aromatic rings. The van der Waals surface area contributed by atoms with Gasteiger partial charge in [0.1, 0.15) is 61.0 Å². The van der Waals surface area contributed by atoms with Crippen molar-refractivity contribution in [2.75, 3.05) is 0 Å². The monoisotopic (exact) mass is 584 g/mol. The average Bonchev–Trinajstić information content (AvgIpc) is 2.90. The van der Waals surface area contributed by atoms with Gasteiger partial charge >= 0.3 is 0 Å². The zero-order chi connectivity index (χ0) is 29.6. The molecule has 40 heavy (non-hydrogen) atoms. The summed E-state index contributed by atoms with van der Waals surface area (Å²) >= 11 is 0. The van der Waals surface area contributed by atoms with Crippen LogP contribution in [0.2, 0.25) is 0 Å². The standard InChI is InChI=1S/C25H44O15/c1-7-6-12(13(26)8(2)34-7)38-24-19(32)21(15(28)10(4)36-24)40-25-20(33)22(16(29)11(5)37-25)39-23-18(31)17(30)14(27)9(3)35-23/h7-33H,6H2,1-5H3/t7?,8?,9?,10?,11?,12-,13+,14+,15+,16+,17+,18+,19+,20+,21+,22+,23?,24?,25?/m1/s1. The Balaban J connectivity index is 1.46. The van der Waals surface area contributed by atoms with Crippen LogP contribution in [-0.2, 0) is 33.2 Å². The van der Waals surface area contributed by atoms with E-state index in [-0.39, 0.29) is 6.10 Å². The first-order chi connectivity index (χ1) is 18.7.